The molecule has 1 nitrogen and oxygen atoms in total. The molecule has 15 heavy (non-hydrogen) atoms. The van der Waals surface area contributed by atoms with Gasteiger partial charge in [0.2, 0.25) is 0 Å². The summed E-state index contributed by atoms with van der Waals surface area (Å²) >= 11 is 0. The summed E-state index contributed by atoms with van der Waals surface area (Å²) in [6.07, 6.45) is 11.3. The molecule has 1 fully saturated rings. The van der Waals surface area contributed by atoms with Gasteiger partial charge in [0.1, 0.15) is 0 Å². The van der Waals surface area contributed by atoms with Crippen molar-refractivity contribution < 1.29 is 4.74 Å². The molecule has 0 aliphatic heterocycles. The van der Waals surface area contributed by atoms with Crippen molar-refractivity contribution in [2.45, 2.75) is 65.2 Å². The van der Waals surface area contributed by atoms with Gasteiger partial charge in [-0.25, -0.2) is 0 Å². The minimum atomic E-state index is 0.587. The zero-order valence-electron chi connectivity index (χ0n) is 10.8. The van der Waals surface area contributed by atoms with E-state index < -0.39 is 0 Å². The monoisotopic (exact) mass is 212 g/mol. The van der Waals surface area contributed by atoms with Crippen LogP contribution in [-0.2, 0) is 4.74 Å². The Kier molecular flexibility index (Phi) is 5.66. The van der Waals surface area contributed by atoms with Gasteiger partial charge in [-0.1, -0.05) is 39.5 Å². The van der Waals surface area contributed by atoms with Crippen molar-refractivity contribution >= 4 is 0 Å². The van der Waals surface area contributed by atoms with E-state index in [1.54, 1.807) is 7.11 Å². The molecule has 0 atom stereocenters. The maximum absolute atomic E-state index is 5.07. The molecule has 0 bridgehead atoms. The molecule has 0 spiro atoms. The molecule has 0 unspecified atom stereocenters. The van der Waals surface area contributed by atoms with E-state index in [0.29, 0.717) is 5.41 Å². The second-order valence-electron chi connectivity index (χ2n) is 5.77. The Balaban J connectivity index is 2.12. The Morgan fingerprint density at radius 3 is 2.33 bits per heavy atom. The van der Waals surface area contributed by atoms with Crippen molar-refractivity contribution in [2.75, 3.05) is 13.7 Å². The van der Waals surface area contributed by atoms with Crippen LogP contribution in [0.2, 0.25) is 0 Å². The van der Waals surface area contributed by atoms with Crippen LogP contribution in [0.15, 0.2) is 0 Å². The Bertz CT molecular complexity index is 157. The van der Waals surface area contributed by atoms with E-state index in [9.17, 15) is 0 Å². The molecule has 0 aromatic rings. The number of methoxy groups -OCH3 is 1. The normalized spacial score (nSPS) is 18.6. The molecule has 0 amide bonds. The van der Waals surface area contributed by atoms with Gasteiger partial charge < -0.3 is 4.74 Å². The topological polar surface area (TPSA) is 9.23 Å². The van der Waals surface area contributed by atoms with Gasteiger partial charge in [-0.05, 0) is 37.0 Å². The molecule has 1 heteroatoms. The third kappa shape index (κ3) is 4.55. The van der Waals surface area contributed by atoms with Gasteiger partial charge in [0.15, 0.2) is 0 Å². The van der Waals surface area contributed by atoms with Gasteiger partial charge in [0.05, 0.1) is 0 Å². The van der Waals surface area contributed by atoms with Crippen LogP contribution < -0.4 is 0 Å². The number of ether oxygens (including phenoxy) is 1. The molecule has 1 aliphatic carbocycles. The van der Waals surface area contributed by atoms with Crippen LogP contribution in [-0.4, -0.2) is 13.7 Å². The molecule has 0 saturated heterocycles. The fourth-order valence-electron chi connectivity index (χ4n) is 2.92. The number of hydrogen-bond donors (Lipinski definition) is 0. The van der Waals surface area contributed by atoms with Crippen molar-refractivity contribution in [3.8, 4) is 0 Å². The fourth-order valence-corrected chi connectivity index (χ4v) is 2.92. The highest BCUT2D eigenvalue weighted by molar-refractivity contribution is 4.82. The van der Waals surface area contributed by atoms with Gasteiger partial charge in [-0.15, -0.1) is 0 Å². The maximum Gasteiger partial charge on any atom is 0.0462 e. The Morgan fingerprint density at radius 1 is 1.07 bits per heavy atom. The average Bonchev–Trinajstić information content (AvgIpc) is 2.70. The zero-order valence-corrected chi connectivity index (χ0v) is 10.8. The summed E-state index contributed by atoms with van der Waals surface area (Å²) in [6, 6.07) is 0. The van der Waals surface area contributed by atoms with Crippen LogP contribution in [0.3, 0.4) is 0 Å². The lowest BCUT2D eigenvalue weighted by molar-refractivity contribution is 0.175. The standard InChI is InChI=1S/C14H28O/c1-14(2,13-9-5-6-10-13)11-7-4-8-12-15-3/h13H,4-12H2,1-3H3. The zero-order chi connectivity index (χ0) is 11.1. The van der Waals surface area contributed by atoms with Crippen LogP contribution in [0.5, 0.6) is 0 Å². The summed E-state index contributed by atoms with van der Waals surface area (Å²) in [5.41, 5.74) is 0.587. The second-order valence-corrected chi connectivity index (χ2v) is 5.77. The van der Waals surface area contributed by atoms with Gasteiger partial charge in [-0.3, -0.25) is 0 Å². The van der Waals surface area contributed by atoms with E-state index in [-0.39, 0.29) is 0 Å². The molecule has 0 aromatic heterocycles. The lowest BCUT2D eigenvalue weighted by Crippen LogP contribution is -2.21. The van der Waals surface area contributed by atoms with Crippen LogP contribution >= 0.6 is 0 Å². The number of hydrogen-bond acceptors (Lipinski definition) is 1. The van der Waals surface area contributed by atoms with E-state index in [1.807, 2.05) is 0 Å². The summed E-state index contributed by atoms with van der Waals surface area (Å²) in [5.74, 6) is 1.000. The van der Waals surface area contributed by atoms with Crippen LogP contribution in [0, 0.1) is 11.3 Å². The van der Waals surface area contributed by atoms with Crippen LogP contribution in [0.1, 0.15) is 65.2 Å². The molecule has 0 aromatic carbocycles. The molecule has 90 valence electrons. The van der Waals surface area contributed by atoms with E-state index in [4.69, 9.17) is 4.74 Å². The molecule has 0 N–H and O–H groups in total. The molecule has 1 rings (SSSR count). The van der Waals surface area contributed by atoms with Crippen molar-refractivity contribution in [3.63, 3.8) is 0 Å². The van der Waals surface area contributed by atoms with E-state index in [0.717, 1.165) is 12.5 Å². The number of unbranched alkanes of at least 4 members (excludes halogenated alkanes) is 2. The van der Waals surface area contributed by atoms with E-state index >= 15 is 0 Å². The minimum absolute atomic E-state index is 0.587. The highest BCUT2D eigenvalue weighted by Crippen LogP contribution is 2.42. The first-order valence-electron chi connectivity index (χ1n) is 6.66. The molecule has 1 saturated carbocycles. The maximum atomic E-state index is 5.07. The van der Waals surface area contributed by atoms with E-state index in [2.05, 4.69) is 13.8 Å². The summed E-state index contributed by atoms with van der Waals surface area (Å²) in [4.78, 5) is 0. The third-order valence-corrected chi connectivity index (χ3v) is 4.13. The Morgan fingerprint density at radius 2 is 1.73 bits per heavy atom. The smallest absolute Gasteiger partial charge is 0.0462 e. The average molecular weight is 212 g/mol. The second kappa shape index (κ2) is 6.52. The van der Waals surface area contributed by atoms with Gasteiger partial charge >= 0.3 is 0 Å². The van der Waals surface area contributed by atoms with Gasteiger partial charge in [0, 0.05) is 13.7 Å². The fraction of sp³-hybridized carbons (Fsp3) is 1.00. The van der Waals surface area contributed by atoms with Crippen LogP contribution in [0.25, 0.3) is 0 Å². The SMILES string of the molecule is COCCCCCC(C)(C)C1CCCC1. The molecule has 0 radical (unpaired) electrons. The summed E-state index contributed by atoms with van der Waals surface area (Å²) in [7, 11) is 1.79. The largest absolute Gasteiger partial charge is 0.385 e. The van der Waals surface area contributed by atoms with Crippen molar-refractivity contribution in [3.05, 3.63) is 0 Å². The first-order valence-corrected chi connectivity index (χ1v) is 6.66. The summed E-state index contributed by atoms with van der Waals surface area (Å²) < 4.78 is 5.07. The summed E-state index contributed by atoms with van der Waals surface area (Å²) in [6.45, 7) is 5.88. The molecule has 1 aliphatic rings. The first-order chi connectivity index (χ1) is 7.17. The molecule has 0 heterocycles. The molecular weight excluding hydrogens is 184 g/mol. The van der Waals surface area contributed by atoms with Crippen LogP contribution in [0.4, 0.5) is 0 Å². The predicted molar refractivity (Wildman–Crippen MR) is 66.1 cm³/mol. The van der Waals surface area contributed by atoms with Gasteiger partial charge in [-0.2, -0.15) is 0 Å². The quantitative estimate of drug-likeness (QED) is 0.568. The lowest BCUT2D eigenvalue weighted by Gasteiger charge is -2.31. The highest BCUT2D eigenvalue weighted by atomic mass is 16.5. The Hall–Kier alpha value is -0.0400. The Labute approximate surface area is 95.6 Å². The third-order valence-electron chi connectivity index (χ3n) is 4.13. The van der Waals surface area contributed by atoms with Crippen molar-refractivity contribution in [1.29, 1.82) is 0 Å². The van der Waals surface area contributed by atoms with Crippen molar-refractivity contribution in [2.24, 2.45) is 11.3 Å². The predicted octanol–water partition coefficient (Wildman–Crippen LogP) is 4.41. The minimum Gasteiger partial charge on any atom is -0.385 e. The lowest BCUT2D eigenvalue weighted by atomic mass is 9.74. The van der Waals surface area contributed by atoms with Gasteiger partial charge in [0.25, 0.3) is 0 Å². The first kappa shape index (κ1) is 13.0. The summed E-state index contributed by atoms with van der Waals surface area (Å²) in [5, 5.41) is 0. The van der Waals surface area contributed by atoms with Crippen molar-refractivity contribution in [1.82, 2.24) is 0 Å². The molecular formula is C14H28O. The van der Waals surface area contributed by atoms with E-state index in [1.165, 1.54) is 51.4 Å². The highest BCUT2D eigenvalue weighted by Gasteiger charge is 2.30. The number of rotatable bonds is 7.